The first kappa shape index (κ1) is 23.9. The molecule has 0 radical (unpaired) electrons. The predicted molar refractivity (Wildman–Crippen MR) is 146 cm³/mol. The molecule has 2 aliphatic rings. The van der Waals surface area contributed by atoms with Crippen LogP contribution in [0.5, 0.6) is 0 Å². The highest BCUT2D eigenvalue weighted by Gasteiger charge is 2.42. The number of benzene rings is 3. The summed E-state index contributed by atoms with van der Waals surface area (Å²) in [6, 6.07) is 26.0. The van der Waals surface area contributed by atoms with E-state index in [0.717, 1.165) is 22.5 Å². The van der Waals surface area contributed by atoms with E-state index in [0.29, 0.717) is 24.6 Å². The molecule has 0 spiro atoms. The summed E-state index contributed by atoms with van der Waals surface area (Å²) in [5.41, 5.74) is 5.97. The van der Waals surface area contributed by atoms with E-state index in [1.807, 2.05) is 60.7 Å². The zero-order chi connectivity index (χ0) is 26.4. The number of carbonyl (C=O) groups excluding carboxylic acids is 1. The molecule has 38 heavy (non-hydrogen) atoms. The van der Waals surface area contributed by atoms with Crippen molar-refractivity contribution in [1.29, 1.82) is 0 Å². The van der Waals surface area contributed by atoms with Crippen molar-refractivity contribution < 1.29 is 24.0 Å². The van der Waals surface area contributed by atoms with Crippen molar-refractivity contribution in [2.75, 3.05) is 11.5 Å². The summed E-state index contributed by atoms with van der Waals surface area (Å²) in [5, 5.41) is 20.6. The highest BCUT2D eigenvalue weighted by molar-refractivity contribution is 6.23. The molecular weight excluding hydrogens is 476 g/mol. The summed E-state index contributed by atoms with van der Waals surface area (Å²) in [6.45, 7) is 5.17. The second kappa shape index (κ2) is 9.15. The molecule has 6 nitrogen and oxygen atoms in total. The van der Waals surface area contributed by atoms with Gasteiger partial charge in [0.1, 0.15) is 12.4 Å². The highest BCUT2D eigenvalue weighted by atomic mass is 16.4. The van der Waals surface area contributed by atoms with Crippen LogP contribution in [0.25, 0.3) is 17.2 Å². The molecule has 3 aromatic carbocycles. The summed E-state index contributed by atoms with van der Waals surface area (Å²) in [7, 11) is 0. The molecule has 0 saturated heterocycles. The molecule has 1 aliphatic heterocycles. The second-order valence-electron chi connectivity index (χ2n) is 10.2. The van der Waals surface area contributed by atoms with E-state index in [-0.39, 0.29) is 34.7 Å². The van der Waals surface area contributed by atoms with Crippen LogP contribution in [0.1, 0.15) is 30.9 Å². The van der Waals surface area contributed by atoms with Crippen LogP contribution >= 0.6 is 0 Å². The molecule has 6 heteroatoms. The van der Waals surface area contributed by atoms with Crippen LogP contribution in [0.4, 0.5) is 5.69 Å². The van der Waals surface area contributed by atoms with E-state index >= 15 is 0 Å². The van der Waals surface area contributed by atoms with Gasteiger partial charge in [0.2, 0.25) is 11.4 Å². The molecule has 4 aromatic rings. The quantitative estimate of drug-likeness (QED) is 0.272. The lowest BCUT2D eigenvalue weighted by Gasteiger charge is -2.29. The van der Waals surface area contributed by atoms with Gasteiger partial charge >= 0.3 is 5.89 Å². The van der Waals surface area contributed by atoms with Crippen LogP contribution in [0, 0.1) is 0 Å². The maximum absolute atomic E-state index is 13.3. The van der Waals surface area contributed by atoms with Crippen LogP contribution in [-0.2, 0) is 23.3 Å². The van der Waals surface area contributed by atoms with E-state index in [4.69, 9.17) is 4.42 Å². The standard InChI is InChI=1S/C32H28N2O4/c1-32(2)24-12-6-7-13-25(24)34(20-21-10-4-3-5-11-21)28(32)18-22-30(36)23(31(22)37)19-29-33(16-17-35)26-14-8-9-15-27(26)38-29/h3-15,18-19,35H,16-17,20H2,1-2H3/p+1. The minimum absolute atomic E-state index is 0.0510. The van der Waals surface area contributed by atoms with Crippen LogP contribution < -0.4 is 9.47 Å². The number of aromatic nitrogens is 1. The smallest absolute Gasteiger partial charge is 0.375 e. The van der Waals surface area contributed by atoms with Crippen LogP contribution in [-0.4, -0.2) is 22.6 Å². The average molecular weight is 506 g/mol. The number of anilines is 1. The number of nitrogens with zero attached hydrogens (tertiary/aromatic N) is 2. The number of aliphatic hydroxyl groups excluding tert-OH is 2. The minimum atomic E-state index is -0.360. The van der Waals surface area contributed by atoms with Crippen LogP contribution in [0.15, 0.2) is 112 Å². The van der Waals surface area contributed by atoms with E-state index < -0.39 is 0 Å². The molecule has 0 atom stereocenters. The minimum Gasteiger partial charge on any atom is -0.506 e. The van der Waals surface area contributed by atoms with E-state index in [2.05, 4.69) is 43.0 Å². The number of ketones is 1. The van der Waals surface area contributed by atoms with Gasteiger partial charge in [-0.05, 0) is 29.3 Å². The van der Waals surface area contributed by atoms with Crippen molar-refractivity contribution in [2.24, 2.45) is 0 Å². The van der Waals surface area contributed by atoms with Crippen molar-refractivity contribution >= 4 is 28.6 Å². The Morgan fingerprint density at radius 3 is 2.42 bits per heavy atom. The molecule has 1 aromatic heterocycles. The Hall–Kier alpha value is -4.42. The number of Topliss-reactive ketones (excluding diaryl/α,β-unsaturated/α-hetero) is 1. The van der Waals surface area contributed by atoms with Gasteiger partial charge in [-0.25, -0.2) is 0 Å². The number of fused-ring (bicyclic) bond motifs is 2. The number of hydrogen-bond acceptors (Lipinski definition) is 5. The molecule has 190 valence electrons. The van der Waals surface area contributed by atoms with Gasteiger partial charge in [-0.15, -0.1) is 0 Å². The van der Waals surface area contributed by atoms with Crippen LogP contribution in [0.2, 0.25) is 0 Å². The summed E-state index contributed by atoms with van der Waals surface area (Å²) in [4.78, 5) is 15.6. The third-order valence-electron chi connectivity index (χ3n) is 7.49. The fourth-order valence-electron chi connectivity index (χ4n) is 5.50. The van der Waals surface area contributed by atoms with Gasteiger partial charge in [0.15, 0.2) is 6.54 Å². The van der Waals surface area contributed by atoms with Gasteiger partial charge in [-0.2, -0.15) is 4.57 Å². The zero-order valence-electron chi connectivity index (χ0n) is 21.4. The molecular formula is C32H29N2O4+. The number of allylic oxidation sites excluding steroid dienone is 4. The normalized spacial score (nSPS) is 18.5. The number of rotatable bonds is 6. The van der Waals surface area contributed by atoms with E-state index in [1.165, 1.54) is 5.56 Å². The number of aliphatic hydroxyl groups is 2. The Balaban J connectivity index is 1.42. The van der Waals surface area contributed by atoms with Gasteiger partial charge in [-0.3, -0.25) is 4.79 Å². The van der Waals surface area contributed by atoms with E-state index in [1.54, 1.807) is 10.6 Å². The molecule has 1 aliphatic carbocycles. The van der Waals surface area contributed by atoms with Gasteiger partial charge in [0.25, 0.3) is 5.52 Å². The Morgan fingerprint density at radius 1 is 0.947 bits per heavy atom. The van der Waals surface area contributed by atoms with Gasteiger partial charge in [-0.1, -0.05) is 74.5 Å². The van der Waals surface area contributed by atoms with Crippen molar-refractivity contribution in [3.8, 4) is 0 Å². The highest BCUT2D eigenvalue weighted by Crippen LogP contribution is 2.49. The van der Waals surface area contributed by atoms with Gasteiger partial charge in [0, 0.05) is 29.4 Å². The van der Waals surface area contributed by atoms with Crippen molar-refractivity contribution in [2.45, 2.75) is 32.4 Å². The molecule has 0 saturated carbocycles. The van der Waals surface area contributed by atoms with Crippen molar-refractivity contribution in [1.82, 2.24) is 0 Å². The maximum atomic E-state index is 13.3. The largest absolute Gasteiger partial charge is 0.506 e. The molecule has 6 rings (SSSR count). The lowest BCUT2D eigenvalue weighted by atomic mass is 9.80. The number of carbonyl (C=O) groups is 1. The van der Waals surface area contributed by atoms with Crippen molar-refractivity contribution in [3.63, 3.8) is 0 Å². The summed E-state index contributed by atoms with van der Waals surface area (Å²) in [5.74, 6) is 0.114. The topological polar surface area (TPSA) is 77.8 Å². The van der Waals surface area contributed by atoms with Crippen molar-refractivity contribution in [3.05, 3.63) is 125 Å². The third-order valence-corrected chi connectivity index (χ3v) is 7.49. The molecule has 0 bridgehead atoms. The third kappa shape index (κ3) is 3.76. The Bertz CT molecular complexity index is 1660. The summed E-state index contributed by atoms with van der Waals surface area (Å²) >= 11 is 0. The molecule has 2 heterocycles. The summed E-state index contributed by atoms with van der Waals surface area (Å²) < 4.78 is 7.75. The molecule has 2 N–H and O–H groups in total. The SMILES string of the molecule is CC1(C)C(=CC2=C(O)C(=Cc3oc4ccccc4[n+]3CCO)C2=O)N(Cc2ccccc2)c2ccccc21. The van der Waals surface area contributed by atoms with Crippen LogP contribution in [0.3, 0.4) is 0 Å². The van der Waals surface area contributed by atoms with E-state index in [9.17, 15) is 15.0 Å². The lowest BCUT2D eigenvalue weighted by Crippen LogP contribution is -2.37. The first-order valence-electron chi connectivity index (χ1n) is 12.8. The Morgan fingerprint density at radius 2 is 1.66 bits per heavy atom. The Labute approximate surface area is 221 Å². The van der Waals surface area contributed by atoms with Gasteiger partial charge in [0.05, 0.1) is 17.2 Å². The predicted octanol–water partition coefficient (Wildman–Crippen LogP) is 5.37. The number of para-hydroxylation sites is 3. The lowest BCUT2D eigenvalue weighted by molar-refractivity contribution is -0.679. The second-order valence-corrected chi connectivity index (χ2v) is 10.2. The molecule has 0 amide bonds. The maximum Gasteiger partial charge on any atom is 0.375 e. The summed E-state index contributed by atoms with van der Waals surface area (Å²) in [6.07, 6.45) is 3.39. The number of hydrogen-bond donors (Lipinski definition) is 2. The zero-order valence-corrected chi connectivity index (χ0v) is 21.4. The van der Waals surface area contributed by atoms with Gasteiger partial charge < -0.3 is 19.5 Å². The monoisotopic (exact) mass is 505 g/mol. The molecule has 0 unspecified atom stereocenters. The fraction of sp³-hybridized carbons (Fsp3) is 0.188. The average Bonchev–Trinajstić information content (AvgIpc) is 3.38. The molecule has 0 fully saturated rings. The number of oxazole rings is 1. The Kier molecular flexibility index (Phi) is 5.77. The first-order chi connectivity index (χ1) is 18.4. The fourth-order valence-corrected chi connectivity index (χ4v) is 5.50. The first-order valence-corrected chi connectivity index (χ1v) is 12.8.